The second kappa shape index (κ2) is 12.5. The molecule has 6 heteroatoms. The number of hydrogen-bond acceptors (Lipinski definition) is 4. The van der Waals surface area contributed by atoms with Gasteiger partial charge >= 0.3 is 0 Å². The highest BCUT2D eigenvalue weighted by Crippen LogP contribution is 2.15. The van der Waals surface area contributed by atoms with Gasteiger partial charge in [0.25, 0.3) is 0 Å². The monoisotopic (exact) mass is 362 g/mol. The smallest absolute Gasteiger partial charge is 0.171 e. The summed E-state index contributed by atoms with van der Waals surface area (Å²) in [7, 11) is 3.36. The number of ether oxygens (including phenoxy) is 4. The average molecular weight is 362 g/mol. The van der Waals surface area contributed by atoms with Crippen LogP contribution in [0.4, 0.5) is 0 Å². The quantitative estimate of drug-likeness (QED) is 0.397. The molecule has 6 nitrogen and oxygen atoms in total. The summed E-state index contributed by atoms with van der Waals surface area (Å²) in [6.45, 7) is 5.58. The van der Waals surface area contributed by atoms with Crippen LogP contribution in [0.3, 0.4) is 0 Å². The maximum absolute atomic E-state index is 5.49. The molecule has 0 aliphatic carbocycles. The minimum absolute atomic E-state index is 0.635. The van der Waals surface area contributed by atoms with Gasteiger partial charge in [0.05, 0.1) is 26.4 Å². The molecule has 0 N–H and O–H groups in total. The average Bonchev–Trinajstić information content (AvgIpc) is 2.69. The van der Waals surface area contributed by atoms with Crippen LogP contribution < -0.4 is 9.13 Å². The summed E-state index contributed by atoms with van der Waals surface area (Å²) in [5, 5.41) is 0. The lowest BCUT2D eigenvalue weighted by Gasteiger charge is -2.03. The van der Waals surface area contributed by atoms with Crippen molar-refractivity contribution < 1.29 is 28.1 Å². The van der Waals surface area contributed by atoms with Crippen molar-refractivity contribution in [3.8, 4) is 11.1 Å². The third kappa shape index (κ3) is 7.58. The molecule has 0 bridgehead atoms. The van der Waals surface area contributed by atoms with Gasteiger partial charge < -0.3 is 18.9 Å². The Labute approximate surface area is 155 Å². The van der Waals surface area contributed by atoms with Crippen LogP contribution in [0.15, 0.2) is 49.1 Å². The Balaban J connectivity index is 1.77. The number of hydrogen-bond donors (Lipinski definition) is 0. The lowest BCUT2D eigenvalue weighted by Crippen LogP contribution is -2.35. The predicted octanol–water partition coefficient (Wildman–Crippen LogP) is 1.25. The van der Waals surface area contributed by atoms with Crippen molar-refractivity contribution >= 4 is 0 Å². The molecule has 26 heavy (non-hydrogen) atoms. The summed E-state index contributed by atoms with van der Waals surface area (Å²) in [6.07, 6.45) is 8.33. The standard InChI is InChI=1S/C20H30N2O4/c1-23-15-17-25-13-11-21-7-3-19(4-8-21)20-5-9-22(10-6-20)12-14-26-18-16-24-2/h3-10H,11-18H2,1-2H3/q+2. The minimum Gasteiger partial charge on any atom is -0.382 e. The Kier molecular flexibility index (Phi) is 9.82. The van der Waals surface area contributed by atoms with Crippen molar-refractivity contribution in [2.24, 2.45) is 0 Å². The van der Waals surface area contributed by atoms with Crippen molar-refractivity contribution in [2.45, 2.75) is 13.1 Å². The lowest BCUT2D eigenvalue weighted by atomic mass is 10.1. The number of pyridine rings is 2. The fourth-order valence-electron chi connectivity index (χ4n) is 2.43. The normalized spacial score (nSPS) is 11.0. The molecule has 2 heterocycles. The Morgan fingerprint density at radius 3 is 1.31 bits per heavy atom. The Hall–Kier alpha value is -1.86. The second-order valence-electron chi connectivity index (χ2n) is 5.86. The summed E-state index contributed by atoms with van der Waals surface area (Å²) in [5.41, 5.74) is 2.40. The highest BCUT2D eigenvalue weighted by atomic mass is 16.5. The van der Waals surface area contributed by atoms with E-state index in [0.29, 0.717) is 39.6 Å². The largest absolute Gasteiger partial charge is 0.382 e. The van der Waals surface area contributed by atoms with Gasteiger partial charge in [-0.3, -0.25) is 0 Å². The molecule has 0 amide bonds. The maximum Gasteiger partial charge on any atom is 0.171 e. The van der Waals surface area contributed by atoms with Crippen molar-refractivity contribution in [3.63, 3.8) is 0 Å². The molecule has 0 aromatic carbocycles. The third-order valence-corrected chi connectivity index (χ3v) is 3.97. The van der Waals surface area contributed by atoms with Gasteiger partial charge in [0.1, 0.15) is 13.2 Å². The van der Waals surface area contributed by atoms with E-state index in [2.05, 4.69) is 58.2 Å². The van der Waals surface area contributed by atoms with Gasteiger partial charge in [0.15, 0.2) is 37.9 Å². The Bertz CT molecular complexity index is 547. The van der Waals surface area contributed by atoms with Gasteiger partial charge in [-0.05, 0) is 11.1 Å². The summed E-state index contributed by atoms with van der Waals surface area (Å²) in [5.74, 6) is 0. The zero-order valence-electron chi connectivity index (χ0n) is 15.8. The molecular weight excluding hydrogens is 332 g/mol. The molecule has 2 aromatic rings. The lowest BCUT2D eigenvalue weighted by molar-refractivity contribution is -0.698. The number of rotatable bonds is 13. The van der Waals surface area contributed by atoms with E-state index in [4.69, 9.17) is 18.9 Å². The van der Waals surface area contributed by atoms with E-state index in [1.165, 1.54) is 11.1 Å². The van der Waals surface area contributed by atoms with Crippen LogP contribution in [0.1, 0.15) is 0 Å². The highest BCUT2D eigenvalue weighted by Gasteiger charge is 2.06. The minimum atomic E-state index is 0.635. The number of methoxy groups -OCH3 is 2. The van der Waals surface area contributed by atoms with Crippen LogP contribution in [0.25, 0.3) is 11.1 Å². The molecule has 0 spiro atoms. The first-order valence-corrected chi connectivity index (χ1v) is 8.95. The van der Waals surface area contributed by atoms with E-state index in [9.17, 15) is 0 Å². The molecule has 0 aliphatic rings. The van der Waals surface area contributed by atoms with E-state index < -0.39 is 0 Å². The van der Waals surface area contributed by atoms with Crippen molar-refractivity contribution in [1.29, 1.82) is 0 Å². The zero-order valence-corrected chi connectivity index (χ0v) is 15.8. The van der Waals surface area contributed by atoms with Crippen molar-refractivity contribution in [3.05, 3.63) is 49.1 Å². The van der Waals surface area contributed by atoms with Gasteiger partial charge in [-0.15, -0.1) is 0 Å². The summed E-state index contributed by atoms with van der Waals surface area (Å²) >= 11 is 0. The molecule has 0 unspecified atom stereocenters. The van der Waals surface area contributed by atoms with Gasteiger partial charge in [-0.2, -0.15) is 0 Å². The van der Waals surface area contributed by atoms with Gasteiger partial charge in [0, 0.05) is 38.5 Å². The summed E-state index contributed by atoms with van der Waals surface area (Å²) < 4.78 is 25.1. The number of aromatic nitrogens is 2. The SMILES string of the molecule is COCCOCC[n+]1ccc(-c2cc[n+](CCOCCOC)cc2)cc1. The van der Waals surface area contributed by atoms with Gasteiger partial charge in [-0.1, -0.05) is 0 Å². The predicted molar refractivity (Wildman–Crippen MR) is 97.7 cm³/mol. The molecule has 0 aliphatic heterocycles. The highest BCUT2D eigenvalue weighted by molar-refractivity contribution is 5.60. The zero-order chi connectivity index (χ0) is 18.5. The topological polar surface area (TPSA) is 44.7 Å². The maximum atomic E-state index is 5.49. The molecule has 0 atom stereocenters. The summed E-state index contributed by atoms with van der Waals surface area (Å²) in [4.78, 5) is 0. The van der Waals surface area contributed by atoms with E-state index >= 15 is 0 Å². The first-order chi connectivity index (χ1) is 12.8. The Morgan fingerprint density at radius 1 is 0.577 bits per heavy atom. The van der Waals surface area contributed by atoms with Crippen LogP contribution in [-0.4, -0.2) is 53.9 Å². The van der Waals surface area contributed by atoms with Gasteiger partial charge in [0.2, 0.25) is 0 Å². The third-order valence-electron chi connectivity index (χ3n) is 3.97. The first kappa shape index (κ1) is 20.5. The molecule has 0 saturated carbocycles. The van der Waals surface area contributed by atoms with E-state index in [1.54, 1.807) is 14.2 Å². The molecular formula is C20H30N2O4+2. The molecule has 2 aromatic heterocycles. The van der Waals surface area contributed by atoms with Gasteiger partial charge in [-0.25, -0.2) is 9.13 Å². The van der Waals surface area contributed by atoms with Crippen molar-refractivity contribution in [2.75, 3.05) is 53.9 Å². The van der Waals surface area contributed by atoms with Crippen molar-refractivity contribution in [1.82, 2.24) is 0 Å². The summed E-state index contributed by atoms with van der Waals surface area (Å²) in [6, 6.07) is 8.51. The first-order valence-electron chi connectivity index (χ1n) is 8.95. The Morgan fingerprint density at radius 2 is 0.962 bits per heavy atom. The molecule has 2 rings (SSSR count). The van der Waals surface area contributed by atoms with E-state index in [1.807, 2.05) is 0 Å². The fourth-order valence-corrected chi connectivity index (χ4v) is 2.43. The fraction of sp³-hybridized carbons (Fsp3) is 0.500. The molecule has 142 valence electrons. The van der Waals surface area contributed by atoms with Crippen LogP contribution in [0, 0.1) is 0 Å². The van der Waals surface area contributed by atoms with E-state index in [0.717, 1.165) is 13.1 Å². The number of nitrogens with zero attached hydrogens (tertiary/aromatic N) is 2. The second-order valence-corrected chi connectivity index (χ2v) is 5.86. The van der Waals surface area contributed by atoms with Crippen LogP contribution in [0.5, 0.6) is 0 Å². The molecule has 0 saturated heterocycles. The molecule has 0 radical (unpaired) electrons. The van der Waals surface area contributed by atoms with Crippen LogP contribution in [-0.2, 0) is 32.0 Å². The molecule has 0 fully saturated rings. The van der Waals surface area contributed by atoms with Crippen LogP contribution >= 0.6 is 0 Å². The van der Waals surface area contributed by atoms with E-state index in [-0.39, 0.29) is 0 Å². The van der Waals surface area contributed by atoms with Crippen LogP contribution in [0.2, 0.25) is 0 Å².